The summed E-state index contributed by atoms with van der Waals surface area (Å²) in [6.45, 7) is 8.79. The molecule has 1 aromatic rings. The van der Waals surface area contributed by atoms with Crippen molar-refractivity contribution in [3.8, 4) is 0 Å². The topological polar surface area (TPSA) is 96.2 Å². The van der Waals surface area contributed by atoms with E-state index in [1.54, 1.807) is 13.2 Å². The Morgan fingerprint density at radius 2 is 2.05 bits per heavy atom. The minimum absolute atomic E-state index is 0.0723. The molecule has 1 heterocycles. The fourth-order valence-corrected chi connectivity index (χ4v) is 1.61. The summed E-state index contributed by atoms with van der Waals surface area (Å²) in [5.74, 6) is -0.855. The molecule has 0 radical (unpaired) electrons. The van der Waals surface area contributed by atoms with Crippen LogP contribution in [0, 0.1) is 11.3 Å². The van der Waals surface area contributed by atoms with Gasteiger partial charge in [0.15, 0.2) is 6.04 Å². The van der Waals surface area contributed by atoms with Gasteiger partial charge in [0.2, 0.25) is 0 Å². The Labute approximate surface area is 124 Å². The number of carbonyl (C=O) groups is 2. The number of carbonyl (C=O) groups excluding carboxylic acids is 1. The average molecular weight is 296 g/mol. The van der Waals surface area contributed by atoms with Gasteiger partial charge in [-0.15, -0.1) is 0 Å². The van der Waals surface area contributed by atoms with Crippen molar-refractivity contribution in [2.24, 2.45) is 18.4 Å². The number of nitrogens with zero attached hydrogens (tertiary/aromatic N) is 2. The van der Waals surface area contributed by atoms with Gasteiger partial charge in [-0.1, -0.05) is 27.7 Å². The van der Waals surface area contributed by atoms with Gasteiger partial charge in [-0.25, -0.2) is 9.59 Å². The van der Waals surface area contributed by atoms with Crippen LogP contribution < -0.4 is 10.6 Å². The fraction of sp³-hybridized carbons (Fsp3) is 0.643. The molecule has 118 valence electrons. The molecule has 3 N–H and O–H groups in total. The Hall–Kier alpha value is -2.05. The van der Waals surface area contributed by atoms with Gasteiger partial charge in [0.25, 0.3) is 0 Å². The molecule has 1 aromatic heterocycles. The van der Waals surface area contributed by atoms with Crippen molar-refractivity contribution in [2.45, 2.75) is 33.7 Å². The number of carboxylic acid groups (broad SMARTS) is 1. The third-order valence-electron chi connectivity index (χ3n) is 3.63. The second kappa shape index (κ2) is 6.60. The zero-order valence-electron chi connectivity index (χ0n) is 13.2. The van der Waals surface area contributed by atoms with Crippen LogP contribution in [-0.4, -0.2) is 33.4 Å². The number of carboxylic acids is 1. The van der Waals surface area contributed by atoms with E-state index in [9.17, 15) is 14.7 Å². The average Bonchev–Trinajstić information content (AvgIpc) is 2.77. The highest BCUT2D eigenvalue weighted by Gasteiger charge is 2.25. The summed E-state index contributed by atoms with van der Waals surface area (Å²) in [6, 6.07) is -1.61. The molecule has 7 heteroatoms. The predicted octanol–water partition coefficient (Wildman–Crippen LogP) is 1.53. The molecular weight excluding hydrogens is 272 g/mol. The summed E-state index contributed by atoms with van der Waals surface area (Å²) in [5, 5.41) is 18.3. The monoisotopic (exact) mass is 296 g/mol. The summed E-state index contributed by atoms with van der Waals surface area (Å²) >= 11 is 0. The number of amides is 2. The molecule has 0 aromatic carbocycles. The van der Waals surface area contributed by atoms with Gasteiger partial charge in [0, 0.05) is 25.4 Å². The number of aryl methyl sites for hydroxylation is 1. The van der Waals surface area contributed by atoms with Crippen molar-refractivity contribution < 1.29 is 14.7 Å². The van der Waals surface area contributed by atoms with Crippen LogP contribution >= 0.6 is 0 Å². The van der Waals surface area contributed by atoms with Crippen molar-refractivity contribution >= 4 is 12.0 Å². The highest BCUT2D eigenvalue weighted by atomic mass is 16.4. The van der Waals surface area contributed by atoms with Gasteiger partial charge >= 0.3 is 12.0 Å². The zero-order valence-corrected chi connectivity index (χ0v) is 13.2. The van der Waals surface area contributed by atoms with Crippen LogP contribution in [0.5, 0.6) is 0 Å². The minimum Gasteiger partial charge on any atom is -0.479 e. The zero-order chi connectivity index (χ0) is 16.2. The Balaban J connectivity index is 2.60. The molecule has 7 nitrogen and oxygen atoms in total. The highest BCUT2D eigenvalue weighted by molar-refractivity contribution is 5.83. The lowest BCUT2D eigenvalue weighted by molar-refractivity contribution is -0.139. The molecule has 21 heavy (non-hydrogen) atoms. The molecule has 1 rings (SSSR count). The van der Waals surface area contributed by atoms with Crippen LogP contribution in [0.2, 0.25) is 0 Å². The van der Waals surface area contributed by atoms with Crippen molar-refractivity contribution in [2.75, 3.05) is 6.54 Å². The van der Waals surface area contributed by atoms with Gasteiger partial charge in [-0.3, -0.25) is 4.68 Å². The lowest BCUT2D eigenvalue weighted by Crippen LogP contribution is -2.43. The number of hydrogen-bond acceptors (Lipinski definition) is 3. The number of hydrogen-bond donors (Lipinski definition) is 3. The molecule has 0 aliphatic heterocycles. The molecule has 2 amide bonds. The number of aliphatic carboxylic acids is 1. The lowest BCUT2D eigenvalue weighted by atomic mass is 9.82. The van der Waals surface area contributed by atoms with Gasteiger partial charge in [0.1, 0.15) is 0 Å². The Morgan fingerprint density at radius 3 is 2.48 bits per heavy atom. The van der Waals surface area contributed by atoms with E-state index in [-0.39, 0.29) is 11.3 Å². The van der Waals surface area contributed by atoms with Crippen LogP contribution in [-0.2, 0) is 11.8 Å². The number of rotatable bonds is 5. The third kappa shape index (κ3) is 5.09. The molecule has 0 saturated carbocycles. The SMILES string of the molecule is CC(CNC(=O)NC(C(=O)O)c1cnn(C)c1)C(C)(C)C. The van der Waals surface area contributed by atoms with Crippen molar-refractivity contribution in [3.05, 3.63) is 18.0 Å². The summed E-state index contributed by atoms with van der Waals surface area (Å²) in [6.07, 6.45) is 2.99. The van der Waals surface area contributed by atoms with Crippen LogP contribution in [0.4, 0.5) is 4.79 Å². The summed E-state index contributed by atoms with van der Waals surface area (Å²) < 4.78 is 1.49. The molecule has 0 aliphatic rings. The standard InChI is InChI=1S/C14H24N4O3/c1-9(14(2,3)4)6-15-13(21)17-11(12(19)20)10-7-16-18(5)8-10/h7-9,11H,6H2,1-5H3,(H,19,20)(H2,15,17,21). The predicted molar refractivity (Wildman–Crippen MR) is 78.7 cm³/mol. The maximum absolute atomic E-state index is 11.9. The van der Waals surface area contributed by atoms with Crippen LogP contribution in [0.1, 0.15) is 39.3 Å². The quantitative estimate of drug-likeness (QED) is 0.767. The van der Waals surface area contributed by atoms with E-state index in [4.69, 9.17) is 0 Å². The highest BCUT2D eigenvalue weighted by Crippen LogP contribution is 2.24. The second-order valence-corrected chi connectivity index (χ2v) is 6.34. The van der Waals surface area contributed by atoms with E-state index >= 15 is 0 Å². The first-order valence-corrected chi connectivity index (χ1v) is 6.87. The Kier molecular flexibility index (Phi) is 5.34. The Bertz CT molecular complexity index is 505. The van der Waals surface area contributed by atoms with E-state index in [2.05, 4.69) is 36.5 Å². The molecule has 2 unspecified atom stereocenters. The molecule has 2 atom stereocenters. The first-order valence-electron chi connectivity index (χ1n) is 6.87. The van der Waals surface area contributed by atoms with Crippen LogP contribution in [0.3, 0.4) is 0 Å². The van der Waals surface area contributed by atoms with Gasteiger partial charge in [0.05, 0.1) is 6.20 Å². The van der Waals surface area contributed by atoms with Crippen molar-refractivity contribution in [1.29, 1.82) is 0 Å². The normalized spacial score (nSPS) is 14.3. The van der Waals surface area contributed by atoms with Gasteiger partial charge < -0.3 is 15.7 Å². The fourth-order valence-electron chi connectivity index (χ4n) is 1.61. The maximum atomic E-state index is 11.9. The van der Waals surface area contributed by atoms with E-state index in [1.165, 1.54) is 10.9 Å². The Morgan fingerprint density at radius 1 is 1.43 bits per heavy atom. The molecule has 0 fully saturated rings. The first-order chi connectivity index (χ1) is 9.61. The minimum atomic E-state index is -1.12. The molecule has 0 saturated heterocycles. The summed E-state index contributed by atoms with van der Waals surface area (Å²) in [7, 11) is 1.69. The number of nitrogens with one attached hydrogen (secondary N) is 2. The summed E-state index contributed by atoms with van der Waals surface area (Å²) in [5.41, 5.74) is 0.507. The number of aromatic nitrogens is 2. The van der Waals surface area contributed by atoms with Crippen LogP contribution in [0.15, 0.2) is 12.4 Å². The number of urea groups is 1. The van der Waals surface area contributed by atoms with E-state index in [0.717, 1.165) is 0 Å². The van der Waals surface area contributed by atoms with Crippen LogP contribution in [0.25, 0.3) is 0 Å². The van der Waals surface area contributed by atoms with Crippen molar-refractivity contribution in [3.63, 3.8) is 0 Å². The molecular formula is C14H24N4O3. The van der Waals surface area contributed by atoms with Gasteiger partial charge in [-0.05, 0) is 11.3 Å². The molecule has 0 spiro atoms. The lowest BCUT2D eigenvalue weighted by Gasteiger charge is -2.27. The largest absolute Gasteiger partial charge is 0.479 e. The second-order valence-electron chi connectivity index (χ2n) is 6.34. The first kappa shape index (κ1) is 17.0. The summed E-state index contributed by atoms with van der Waals surface area (Å²) in [4.78, 5) is 23.1. The van der Waals surface area contributed by atoms with Gasteiger partial charge in [-0.2, -0.15) is 5.10 Å². The van der Waals surface area contributed by atoms with E-state index in [0.29, 0.717) is 12.1 Å². The maximum Gasteiger partial charge on any atom is 0.331 e. The molecule has 0 bridgehead atoms. The van der Waals surface area contributed by atoms with E-state index < -0.39 is 18.0 Å². The third-order valence-corrected chi connectivity index (χ3v) is 3.63. The molecule has 0 aliphatic carbocycles. The smallest absolute Gasteiger partial charge is 0.331 e. The van der Waals surface area contributed by atoms with Crippen molar-refractivity contribution in [1.82, 2.24) is 20.4 Å². The van der Waals surface area contributed by atoms with E-state index in [1.807, 2.05) is 6.92 Å².